The van der Waals surface area contributed by atoms with Gasteiger partial charge in [-0.3, -0.25) is 9.88 Å². The predicted octanol–water partition coefficient (Wildman–Crippen LogP) is 2.43. The van der Waals surface area contributed by atoms with Crippen LogP contribution in [0, 0.1) is 5.92 Å². The van der Waals surface area contributed by atoms with E-state index < -0.39 is 0 Å². The van der Waals surface area contributed by atoms with E-state index in [0.29, 0.717) is 0 Å². The lowest BCUT2D eigenvalue weighted by Crippen LogP contribution is -2.46. The van der Waals surface area contributed by atoms with E-state index >= 15 is 0 Å². The number of anilines is 2. The van der Waals surface area contributed by atoms with Crippen molar-refractivity contribution >= 4 is 11.6 Å². The van der Waals surface area contributed by atoms with Gasteiger partial charge in [0.05, 0.1) is 5.69 Å². The topological polar surface area (TPSA) is 48.4 Å². The number of aromatic nitrogens is 3. The first-order valence-electron chi connectivity index (χ1n) is 9.72. The van der Waals surface area contributed by atoms with E-state index in [2.05, 4.69) is 54.8 Å². The van der Waals surface area contributed by atoms with Gasteiger partial charge in [-0.05, 0) is 30.9 Å². The molecule has 0 radical (unpaired) electrons. The third-order valence-electron chi connectivity index (χ3n) is 5.43. The zero-order valence-corrected chi connectivity index (χ0v) is 15.6. The van der Waals surface area contributed by atoms with E-state index in [1.807, 2.05) is 12.3 Å². The molecule has 0 amide bonds. The molecule has 138 valence electrons. The number of nitrogens with zero attached hydrogens (tertiary/aromatic N) is 6. The Morgan fingerprint density at radius 2 is 1.77 bits per heavy atom. The lowest BCUT2D eigenvalue weighted by molar-refractivity contribution is 0.246. The predicted molar refractivity (Wildman–Crippen MR) is 104 cm³/mol. The molecule has 0 aromatic carbocycles. The standard InChI is InChI=1S/C20H28N6/c1-17-5-4-8-26(14-17)20-13-19(22-16-23-20)25-11-9-24(10-12-25)15-18-6-2-3-7-21-18/h2-3,6-7,13,16-17H,4-5,8-12,14-15H2,1H3. The fraction of sp³-hybridized carbons (Fsp3) is 0.550. The maximum atomic E-state index is 4.54. The maximum Gasteiger partial charge on any atom is 0.134 e. The van der Waals surface area contributed by atoms with Gasteiger partial charge in [0.15, 0.2) is 0 Å². The molecule has 1 atom stereocenters. The van der Waals surface area contributed by atoms with Crippen LogP contribution in [0.1, 0.15) is 25.5 Å². The molecule has 0 N–H and O–H groups in total. The molecule has 0 bridgehead atoms. The van der Waals surface area contributed by atoms with Gasteiger partial charge in [-0.25, -0.2) is 9.97 Å². The quantitative estimate of drug-likeness (QED) is 0.842. The Balaban J connectivity index is 1.36. The zero-order chi connectivity index (χ0) is 17.8. The largest absolute Gasteiger partial charge is 0.356 e. The summed E-state index contributed by atoms with van der Waals surface area (Å²) in [5.74, 6) is 2.89. The van der Waals surface area contributed by atoms with Crippen LogP contribution in [0.4, 0.5) is 11.6 Å². The molecular formula is C20H28N6. The molecule has 4 heterocycles. The van der Waals surface area contributed by atoms with Crippen LogP contribution >= 0.6 is 0 Å². The highest BCUT2D eigenvalue weighted by Crippen LogP contribution is 2.24. The molecule has 26 heavy (non-hydrogen) atoms. The molecule has 2 aromatic rings. The Kier molecular flexibility index (Phi) is 5.29. The summed E-state index contributed by atoms with van der Waals surface area (Å²) < 4.78 is 0. The van der Waals surface area contributed by atoms with Gasteiger partial charge < -0.3 is 9.80 Å². The average molecular weight is 352 g/mol. The van der Waals surface area contributed by atoms with E-state index in [1.165, 1.54) is 12.8 Å². The smallest absolute Gasteiger partial charge is 0.134 e. The van der Waals surface area contributed by atoms with E-state index in [-0.39, 0.29) is 0 Å². The minimum atomic E-state index is 0.748. The lowest BCUT2D eigenvalue weighted by Gasteiger charge is -2.36. The van der Waals surface area contributed by atoms with Gasteiger partial charge in [-0.1, -0.05) is 13.0 Å². The molecule has 2 aliphatic rings. The summed E-state index contributed by atoms with van der Waals surface area (Å²) in [4.78, 5) is 20.8. The van der Waals surface area contributed by atoms with Crippen LogP contribution in [0.2, 0.25) is 0 Å². The summed E-state index contributed by atoms with van der Waals surface area (Å²) >= 11 is 0. The fourth-order valence-electron chi connectivity index (χ4n) is 3.94. The second-order valence-electron chi connectivity index (χ2n) is 7.51. The minimum Gasteiger partial charge on any atom is -0.356 e. The van der Waals surface area contributed by atoms with Crippen molar-refractivity contribution in [2.24, 2.45) is 5.92 Å². The maximum absolute atomic E-state index is 4.54. The van der Waals surface area contributed by atoms with Gasteiger partial charge in [0.1, 0.15) is 18.0 Å². The van der Waals surface area contributed by atoms with Crippen molar-refractivity contribution in [2.75, 3.05) is 49.1 Å². The van der Waals surface area contributed by atoms with Crippen molar-refractivity contribution in [1.82, 2.24) is 19.9 Å². The Hall–Kier alpha value is -2.21. The normalized spacial score (nSPS) is 21.8. The molecule has 0 saturated carbocycles. The molecule has 6 heteroatoms. The average Bonchev–Trinajstić information content (AvgIpc) is 2.69. The summed E-state index contributed by atoms with van der Waals surface area (Å²) in [6, 6.07) is 8.30. The van der Waals surface area contributed by atoms with Crippen molar-refractivity contribution in [3.63, 3.8) is 0 Å². The number of pyridine rings is 1. The Bertz CT molecular complexity index is 698. The molecule has 6 nitrogen and oxygen atoms in total. The highest BCUT2D eigenvalue weighted by Gasteiger charge is 2.21. The third-order valence-corrected chi connectivity index (χ3v) is 5.43. The molecule has 0 spiro atoms. The van der Waals surface area contributed by atoms with Gasteiger partial charge in [-0.15, -0.1) is 0 Å². The summed E-state index contributed by atoms with van der Waals surface area (Å²) in [6.07, 6.45) is 6.18. The van der Waals surface area contributed by atoms with Crippen molar-refractivity contribution < 1.29 is 0 Å². The molecule has 4 rings (SSSR count). The van der Waals surface area contributed by atoms with Crippen LogP contribution in [-0.2, 0) is 6.54 Å². The van der Waals surface area contributed by atoms with E-state index in [1.54, 1.807) is 6.33 Å². The molecular weight excluding hydrogens is 324 g/mol. The van der Waals surface area contributed by atoms with Gasteiger partial charge in [-0.2, -0.15) is 0 Å². The first-order valence-corrected chi connectivity index (χ1v) is 9.72. The molecule has 1 unspecified atom stereocenters. The summed E-state index contributed by atoms with van der Waals surface area (Å²) in [5.41, 5.74) is 1.14. The van der Waals surface area contributed by atoms with Crippen LogP contribution in [0.3, 0.4) is 0 Å². The van der Waals surface area contributed by atoms with Crippen LogP contribution < -0.4 is 9.80 Å². The molecule has 2 fully saturated rings. The Morgan fingerprint density at radius 1 is 0.962 bits per heavy atom. The van der Waals surface area contributed by atoms with Crippen LogP contribution in [0.25, 0.3) is 0 Å². The summed E-state index contributed by atoms with van der Waals surface area (Å²) in [7, 11) is 0. The number of piperazine rings is 1. The number of hydrogen-bond donors (Lipinski definition) is 0. The third kappa shape index (κ3) is 4.12. The molecule has 2 saturated heterocycles. The Labute approximate surface area is 155 Å². The van der Waals surface area contributed by atoms with E-state index in [9.17, 15) is 0 Å². The van der Waals surface area contributed by atoms with Gasteiger partial charge >= 0.3 is 0 Å². The fourth-order valence-corrected chi connectivity index (χ4v) is 3.94. The van der Waals surface area contributed by atoms with Crippen LogP contribution in [-0.4, -0.2) is 59.1 Å². The second-order valence-corrected chi connectivity index (χ2v) is 7.51. The molecule has 0 aliphatic carbocycles. The van der Waals surface area contributed by atoms with Crippen molar-refractivity contribution in [3.8, 4) is 0 Å². The summed E-state index contributed by atoms with van der Waals surface area (Å²) in [5, 5.41) is 0. The molecule has 2 aliphatic heterocycles. The van der Waals surface area contributed by atoms with Crippen molar-refractivity contribution in [1.29, 1.82) is 0 Å². The summed E-state index contributed by atoms with van der Waals surface area (Å²) in [6.45, 7) is 9.55. The SMILES string of the molecule is CC1CCCN(c2cc(N3CCN(Cc4ccccn4)CC3)ncn2)C1. The molecule has 2 aromatic heterocycles. The first kappa shape index (κ1) is 17.2. The monoisotopic (exact) mass is 352 g/mol. The lowest BCUT2D eigenvalue weighted by atomic mass is 10.0. The second kappa shape index (κ2) is 7.99. The van der Waals surface area contributed by atoms with Crippen LogP contribution in [0.15, 0.2) is 36.8 Å². The van der Waals surface area contributed by atoms with E-state index in [4.69, 9.17) is 0 Å². The number of piperidine rings is 1. The van der Waals surface area contributed by atoms with Gasteiger partial charge in [0.2, 0.25) is 0 Å². The first-order chi connectivity index (χ1) is 12.8. The zero-order valence-electron chi connectivity index (χ0n) is 15.6. The Morgan fingerprint density at radius 3 is 2.50 bits per heavy atom. The minimum absolute atomic E-state index is 0.748. The highest BCUT2D eigenvalue weighted by atomic mass is 15.3. The number of rotatable bonds is 4. The van der Waals surface area contributed by atoms with Crippen molar-refractivity contribution in [3.05, 3.63) is 42.5 Å². The van der Waals surface area contributed by atoms with Gasteiger partial charge in [0, 0.05) is 58.1 Å². The van der Waals surface area contributed by atoms with E-state index in [0.717, 1.165) is 69.1 Å². The van der Waals surface area contributed by atoms with Crippen molar-refractivity contribution in [2.45, 2.75) is 26.3 Å². The van der Waals surface area contributed by atoms with Gasteiger partial charge in [0.25, 0.3) is 0 Å². The highest BCUT2D eigenvalue weighted by molar-refractivity contribution is 5.50. The van der Waals surface area contributed by atoms with Crippen LogP contribution in [0.5, 0.6) is 0 Å². The number of hydrogen-bond acceptors (Lipinski definition) is 6.